The molecule has 0 heterocycles. The Morgan fingerprint density at radius 3 is 1.85 bits per heavy atom. The number of phenols is 2. The van der Waals surface area contributed by atoms with Gasteiger partial charge in [-0.2, -0.15) is 8.42 Å². The summed E-state index contributed by atoms with van der Waals surface area (Å²) in [6.07, 6.45) is 0. The Bertz CT molecular complexity index is 1410. The molecule has 0 aliphatic heterocycles. The van der Waals surface area contributed by atoms with Crippen molar-refractivity contribution in [2.45, 2.75) is 30.6 Å². The fourth-order valence-electron chi connectivity index (χ4n) is 4.21. The lowest BCUT2D eigenvalue weighted by atomic mass is 9.87. The van der Waals surface area contributed by atoms with Crippen molar-refractivity contribution in [3.63, 3.8) is 0 Å². The molecule has 2 unspecified atom stereocenters. The maximum absolute atomic E-state index is 11.6. The van der Waals surface area contributed by atoms with Crippen LogP contribution in [0.15, 0.2) is 95.9 Å². The largest absolute Gasteiger partial charge is 0.507 e. The second-order valence-electron chi connectivity index (χ2n) is 8.42. The van der Waals surface area contributed by atoms with Crippen molar-refractivity contribution in [1.82, 2.24) is 0 Å². The van der Waals surface area contributed by atoms with Gasteiger partial charge in [-0.1, -0.05) is 86.6 Å². The second kappa shape index (κ2) is 9.33. The lowest BCUT2D eigenvalue weighted by molar-refractivity contribution is 0.462. The van der Waals surface area contributed by atoms with Gasteiger partial charge in [0.05, 0.1) is 4.90 Å². The molecule has 3 N–H and O–H groups in total. The minimum absolute atomic E-state index is 0.0560. The predicted molar refractivity (Wildman–Crippen MR) is 133 cm³/mol. The van der Waals surface area contributed by atoms with Crippen LogP contribution in [0.3, 0.4) is 0 Å². The quantitative estimate of drug-likeness (QED) is 0.285. The number of aromatic hydroxyl groups is 2. The maximum Gasteiger partial charge on any atom is 0.294 e. The molecule has 0 radical (unpaired) electrons. The first-order valence-electron chi connectivity index (χ1n) is 10.9. The third kappa shape index (κ3) is 4.69. The average molecular weight is 475 g/mol. The summed E-state index contributed by atoms with van der Waals surface area (Å²) in [5.74, 6) is -0.167. The summed E-state index contributed by atoms with van der Waals surface area (Å²) in [6.45, 7) is 4.14. The normalized spacial score (nSPS) is 13.4. The van der Waals surface area contributed by atoms with E-state index in [0.29, 0.717) is 5.56 Å². The molecular formula is C28H26O5S. The molecule has 6 heteroatoms. The van der Waals surface area contributed by atoms with Crippen LogP contribution in [0.5, 0.6) is 11.5 Å². The van der Waals surface area contributed by atoms with Crippen LogP contribution in [0.25, 0.3) is 11.1 Å². The van der Waals surface area contributed by atoms with Crippen molar-refractivity contribution in [3.8, 4) is 22.6 Å². The molecule has 174 valence electrons. The zero-order valence-electron chi connectivity index (χ0n) is 18.9. The Morgan fingerprint density at radius 1 is 0.647 bits per heavy atom. The Kier molecular flexibility index (Phi) is 6.46. The Morgan fingerprint density at radius 2 is 1.24 bits per heavy atom. The second-order valence-corrected chi connectivity index (χ2v) is 9.84. The van der Waals surface area contributed by atoms with Crippen molar-refractivity contribution in [1.29, 1.82) is 0 Å². The highest BCUT2D eigenvalue weighted by molar-refractivity contribution is 7.85. The number of benzene rings is 4. The van der Waals surface area contributed by atoms with E-state index in [0.717, 1.165) is 17.7 Å². The molecule has 4 aromatic rings. The monoisotopic (exact) mass is 474 g/mol. The summed E-state index contributed by atoms with van der Waals surface area (Å²) < 4.78 is 32.5. The third-order valence-corrected chi connectivity index (χ3v) is 7.18. The molecule has 5 nitrogen and oxygen atoms in total. The average Bonchev–Trinajstić information content (AvgIpc) is 2.84. The Labute approximate surface area is 199 Å². The highest BCUT2D eigenvalue weighted by Gasteiger charge is 2.20. The lowest BCUT2D eigenvalue weighted by Gasteiger charge is -2.19. The van der Waals surface area contributed by atoms with Gasteiger partial charge in [0.25, 0.3) is 10.1 Å². The molecule has 0 bridgehead atoms. The molecule has 0 fully saturated rings. The third-order valence-electron chi connectivity index (χ3n) is 6.33. The fraction of sp³-hybridized carbons (Fsp3) is 0.143. The van der Waals surface area contributed by atoms with E-state index < -0.39 is 10.1 Å². The first-order chi connectivity index (χ1) is 16.2. The van der Waals surface area contributed by atoms with E-state index in [1.807, 2.05) is 37.3 Å². The van der Waals surface area contributed by atoms with E-state index in [9.17, 15) is 23.2 Å². The van der Waals surface area contributed by atoms with E-state index in [2.05, 4.69) is 31.2 Å². The first-order valence-corrected chi connectivity index (χ1v) is 12.4. The Hall–Kier alpha value is -3.61. The van der Waals surface area contributed by atoms with E-state index >= 15 is 0 Å². The summed E-state index contributed by atoms with van der Waals surface area (Å²) in [7, 11) is -4.46. The van der Waals surface area contributed by atoms with Gasteiger partial charge in [-0.05, 0) is 34.9 Å². The highest BCUT2D eigenvalue weighted by Crippen LogP contribution is 2.42. The van der Waals surface area contributed by atoms with Gasteiger partial charge in [-0.3, -0.25) is 4.55 Å². The van der Waals surface area contributed by atoms with Crippen LogP contribution in [0, 0.1) is 0 Å². The number of hydrogen-bond donors (Lipinski definition) is 3. The SMILES string of the molecule is CC(c1ccccc1)c1ccc(C(C)c2cccc(-c3cc(S(=O)(=O)O)ccc3O)c2O)cc1. The molecule has 4 aromatic carbocycles. The van der Waals surface area contributed by atoms with E-state index in [1.165, 1.54) is 17.2 Å². The van der Waals surface area contributed by atoms with Crippen LogP contribution >= 0.6 is 0 Å². The summed E-state index contributed by atoms with van der Waals surface area (Å²) >= 11 is 0. The van der Waals surface area contributed by atoms with Gasteiger partial charge in [0.1, 0.15) is 11.5 Å². The van der Waals surface area contributed by atoms with Crippen LogP contribution < -0.4 is 0 Å². The molecule has 0 aromatic heterocycles. The zero-order valence-corrected chi connectivity index (χ0v) is 19.7. The predicted octanol–water partition coefficient (Wildman–Crippen LogP) is 6.32. The standard InChI is InChI=1S/C28H26O5S/c1-18(20-7-4-3-5-8-20)21-11-13-22(14-12-21)19(2)24-9-6-10-25(28(24)30)26-17-23(34(31,32)33)15-16-27(26)29/h3-19,29-30H,1-2H3,(H,31,32,33). The minimum atomic E-state index is -4.46. The summed E-state index contributed by atoms with van der Waals surface area (Å²) in [6, 6.07) is 27.1. The number of phenolic OH excluding ortho intramolecular Hbond substituents is 2. The van der Waals surface area contributed by atoms with Gasteiger partial charge in [0.15, 0.2) is 0 Å². The summed E-state index contributed by atoms with van der Waals surface area (Å²) in [5, 5.41) is 21.4. The molecule has 0 aliphatic carbocycles. The van der Waals surface area contributed by atoms with E-state index in [1.54, 1.807) is 18.2 Å². The molecule has 34 heavy (non-hydrogen) atoms. The van der Waals surface area contributed by atoms with Gasteiger partial charge in [-0.25, -0.2) is 0 Å². The molecule has 2 atom stereocenters. The molecular weight excluding hydrogens is 448 g/mol. The zero-order chi connectivity index (χ0) is 24.5. The van der Waals surface area contributed by atoms with Gasteiger partial charge in [-0.15, -0.1) is 0 Å². The number of para-hydroxylation sites is 1. The Balaban J connectivity index is 1.67. The molecule has 4 rings (SSSR count). The van der Waals surface area contributed by atoms with Gasteiger partial charge in [0, 0.05) is 28.5 Å². The van der Waals surface area contributed by atoms with Gasteiger partial charge >= 0.3 is 0 Å². The molecule has 0 aliphatic rings. The van der Waals surface area contributed by atoms with Crippen molar-refractivity contribution in [3.05, 3.63) is 113 Å². The fourth-order valence-corrected chi connectivity index (χ4v) is 4.71. The van der Waals surface area contributed by atoms with Crippen LogP contribution in [-0.2, 0) is 10.1 Å². The number of hydrogen-bond acceptors (Lipinski definition) is 4. The summed E-state index contributed by atoms with van der Waals surface area (Å²) in [5.41, 5.74) is 4.47. The van der Waals surface area contributed by atoms with Crippen LogP contribution in [-0.4, -0.2) is 23.2 Å². The highest BCUT2D eigenvalue weighted by atomic mass is 32.2. The molecule has 0 saturated heterocycles. The molecule has 0 amide bonds. The molecule has 0 spiro atoms. The number of rotatable bonds is 6. The minimum Gasteiger partial charge on any atom is -0.507 e. The van der Waals surface area contributed by atoms with E-state index in [-0.39, 0.29) is 39.4 Å². The van der Waals surface area contributed by atoms with Crippen LogP contribution in [0.2, 0.25) is 0 Å². The lowest BCUT2D eigenvalue weighted by Crippen LogP contribution is -2.01. The smallest absolute Gasteiger partial charge is 0.294 e. The van der Waals surface area contributed by atoms with Crippen molar-refractivity contribution in [2.24, 2.45) is 0 Å². The van der Waals surface area contributed by atoms with Crippen molar-refractivity contribution < 1.29 is 23.2 Å². The van der Waals surface area contributed by atoms with Crippen LogP contribution in [0.4, 0.5) is 0 Å². The van der Waals surface area contributed by atoms with Crippen molar-refractivity contribution in [2.75, 3.05) is 0 Å². The van der Waals surface area contributed by atoms with Gasteiger partial charge < -0.3 is 10.2 Å². The first kappa shape index (κ1) is 23.5. The van der Waals surface area contributed by atoms with Gasteiger partial charge in [0.2, 0.25) is 0 Å². The summed E-state index contributed by atoms with van der Waals surface area (Å²) in [4.78, 5) is -0.360. The van der Waals surface area contributed by atoms with Crippen LogP contribution in [0.1, 0.15) is 47.9 Å². The maximum atomic E-state index is 11.6. The topological polar surface area (TPSA) is 94.8 Å². The van der Waals surface area contributed by atoms with Crippen molar-refractivity contribution >= 4 is 10.1 Å². The van der Waals surface area contributed by atoms with E-state index in [4.69, 9.17) is 0 Å². The molecule has 0 saturated carbocycles.